The molecule has 49 heavy (non-hydrogen) atoms. The van der Waals surface area contributed by atoms with Crippen LogP contribution in [0.25, 0.3) is 60.6 Å². The van der Waals surface area contributed by atoms with Crippen LogP contribution in [-0.2, 0) is 12.8 Å². The van der Waals surface area contributed by atoms with Gasteiger partial charge in [0.15, 0.2) is 11.6 Å². The Bertz CT molecular complexity index is 2160. The van der Waals surface area contributed by atoms with Gasteiger partial charge in [-0.2, -0.15) is 9.97 Å². The quantitative estimate of drug-likeness (QED) is 0.167. The fraction of sp³-hybridized carbons (Fsp3) is 0.205. The Hall–Kier alpha value is -5.13. The Morgan fingerprint density at radius 2 is 1.31 bits per heavy atom. The van der Waals surface area contributed by atoms with Crippen molar-refractivity contribution in [2.75, 3.05) is 0 Å². The molecule has 0 atom stereocenters. The molecule has 0 saturated carbocycles. The molecule has 3 heterocycles. The van der Waals surface area contributed by atoms with E-state index in [2.05, 4.69) is 85.7 Å². The van der Waals surface area contributed by atoms with Gasteiger partial charge < -0.3 is 0 Å². The van der Waals surface area contributed by atoms with Crippen molar-refractivity contribution in [2.45, 2.75) is 59.3 Å². The number of hydrogen-bond acceptors (Lipinski definition) is 4. The van der Waals surface area contributed by atoms with Gasteiger partial charge in [-0.25, -0.2) is 4.98 Å². The van der Waals surface area contributed by atoms with E-state index >= 15 is 0 Å². The van der Waals surface area contributed by atoms with E-state index in [1.54, 1.807) is 16.5 Å². The minimum absolute atomic E-state index is 0.643. The maximum Gasteiger partial charge on any atom is 0.238 e. The van der Waals surface area contributed by atoms with Crippen molar-refractivity contribution in [3.05, 3.63) is 144 Å². The predicted molar refractivity (Wildman–Crippen MR) is 212 cm³/mol. The first-order chi connectivity index (χ1) is 24.2. The van der Waals surface area contributed by atoms with E-state index < -0.39 is 0 Å². The van der Waals surface area contributed by atoms with E-state index in [9.17, 15) is 0 Å². The SMILES string of the molecule is C=C/C=C\C=C/C.CCCC.c1ccc(-c2nc(-c3ccccc3)nc(-n3c4ccccc4c4c5sc6c(c5ccc43)CCCC6)n2)cc1. The lowest BCUT2D eigenvalue weighted by Gasteiger charge is -2.11. The van der Waals surface area contributed by atoms with E-state index in [0.717, 1.165) is 22.2 Å². The van der Waals surface area contributed by atoms with Crippen LogP contribution in [0.3, 0.4) is 0 Å². The van der Waals surface area contributed by atoms with E-state index in [0.29, 0.717) is 17.6 Å². The van der Waals surface area contributed by atoms with Crippen LogP contribution >= 0.6 is 11.3 Å². The molecule has 246 valence electrons. The minimum atomic E-state index is 0.643. The van der Waals surface area contributed by atoms with Gasteiger partial charge in [-0.15, -0.1) is 11.3 Å². The third kappa shape index (κ3) is 7.33. The van der Waals surface area contributed by atoms with Crippen molar-refractivity contribution in [3.8, 4) is 28.7 Å². The number of fused-ring (bicyclic) bond motifs is 7. The molecule has 0 unspecified atom stereocenters. The summed E-state index contributed by atoms with van der Waals surface area (Å²) in [6.07, 6.45) is 17.1. The number of hydrogen-bond donors (Lipinski definition) is 0. The molecule has 0 fully saturated rings. The van der Waals surface area contributed by atoms with Crippen LogP contribution in [0, 0.1) is 0 Å². The van der Waals surface area contributed by atoms with Gasteiger partial charge in [0, 0.05) is 31.5 Å². The third-order valence-corrected chi connectivity index (χ3v) is 10.0. The van der Waals surface area contributed by atoms with Crippen LogP contribution in [0.1, 0.15) is 56.9 Å². The van der Waals surface area contributed by atoms with Gasteiger partial charge in [0.1, 0.15) is 0 Å². The minimum Gasteiger partial charge on any atom is -0.278 e. The largest absolute Gasteiger partial charge is 0.278 e. The Morgan fingerprint density at radius 3 is 1.94 bits per heavy atom. The van der Waals surface area contributed by atoms with Gasteiger partial charge in [-0.3, -0.25) is 4.57 Å². The maximum atomic E-state index is 5.06. The van der Waals surface area contributed by atoms with Crippen LogP contribution in [0.4, 0.5) is 0 Å². The van der Waals surface area contributed by atoms with Crippen molar-refractivity contribution in [2.24, 2.45) is 0 Å². The van der Waals surface area contributed by atoms with Gasteiger partial charge in [0.25, 0.3) is 0 Å². The normalized spacial score (nSPS) is 12.6. The first-order valence-corrected chi connectivity index (χ1v) is 18.2. The van der Waals surface area contributed by atoms with Crippen molar-refractivity contribution in [1.82, 2.24) is 19.5 Å². The highest BCUT2D eigenvalue weighted by molar-refractivity contribution is 7.20. The lowest BCUT2D eigenvalue weighted by molar-refractivity contribution is 0.700. The number of nitrogens with zero attached hydrogens (tertiary/aromatic N) is 4. The molecular weight excluding hydrogens is 617 g/mol. The number of aryl methyl sites for hydroxylation is 2. The molecule has 1 aliphatic carbocycles. The van der Waals surface area contributed by atoms with Crippen molar-refractivity contribution < 1.29 is 0 Å². The highest BCUT2D eigenvalue weighted by Crippen LogP contribution is 2.44. The molecular formula is C44H44N4S. The molecule has 0 spiro atoms. The molecule has 0 radical (unpaired) electrons. The molecule has 0 amide bonds. The molecule has 0 bridgehead atoms. The molecule has 4 aromatic carbocycles. The number of aromatic nitrogens is 4. The van der Waals surface area contributed by atoms with Crippen molar-refractivity contribution in [3.63, 3.8) is 0 Å². The monoisotopic (exact) mass is 660 g/mol. The molecule has 4 nitrogen and oxygen atoms in total. The average molecular weight is 661 g/mol. The second-order valence-electron chi connectivity index (χ2n) is 12.1. The zero-order valence-electron chi connectivity index (χ0n) is 28.8. The Morgan fingerprint density at radius 1 is 0.673 bits per heavy atom. The van der Waals surface area contributed by atoms with Gasteiger partial charge in [0.05, 0.1) is 11.0 Å². The standard InChI is InChI=1S/C33H24N4S.C7H10.C4H10/c1-3-11-21(12-4-1)31-34-32(22-13-5-2-6-14-22)36-33(35-31)37-26-17-9-7-16-25(26)29-27(37)20-19-24-23-15-8-10-18-28(23)38-30(24)29;1-3-5-7-6-4-2;1-3-4-2/h1-7,9,11-14,16-17,19-20H,8,10,15,18H2;3-7H,1H2,2H3;3-4H2,1-2H3/b;6-4-,7-5-;. The third-order valence-electron chi connectivity index (χ3n) is 8.70. The molecule has 0 aliphatic heterocycles. The van der Waals surface area contributed by atoms with E-state index in [4.69, 9.17) is 15.0 Å². The lowest BCUT2D eigenvalue weighted by atomic mass is 9.95. The number of allylic oxidation sites excluding steroid dienone is 5. The van der Waals surface area contributed by atoms with Crippen LogP contribution in [0.15, 0.2) is 134 Å². The zero-order chi connectivity index (χ0) is 34.0. The average Bonchev–Trinajstić information content (AvgIpc) is 3.72. The second kappa shape index (κ2) is 16.3. The Labute approximate surface area is 294 Å². The van der Waals surface area contributed by atoms with Crippen LogP contribution < -0.4 is 0 Å². The smallest absolute Gasteiger partial charge is 0.238 e. The maximum absolute atomic E-state index is 5.06. The topological polar surface area (TPSA) is 43.6 Å². The molecule has 0 saturated heterocycles. The summed E-state index contributed by atoms with van der Waals surface area (Å²) in [5.41, 5.74) is 5.77. The summed E-state index contributed by atoms with van der Waals surface area (Å²) in [7, 11) is 0. The summed E-state index contributed by atoms with van der Waals surface area (Å²) in [5, 5.41) is 3.97. The van der Waals surface area contributed by atoms with Crippen LogP contribution in [0.5, 0.6) is 0 Å². The first-order valence-electron chi connectivity index (χ1n) is 17.4. The second-order valence-corrected chi connectivity index (χ2v) is 13.2. The van der Waals surface area contributed by atoms with Gasteiger partial charge in [0.2, 0.25) is 5.95 Å². The summed E-state index contributed by atoms with van der Waals surface area (Å²) in [4.78, 5) is 16.6. The van der Waals surface area contributed by atoms with Gasteiger partial charge >= 0.3 is 0 Å². The van der Waals surface area contributed by atoms with E-state index in [-0.39, 0.29) is 0 Å². The first kappa shape index (κ1) is 33.8. The number of para-hydroxylation sites is 1. The molecule has 7 aromatic rings. The Kier molecular flexibility index (Phi) is 11.2. The molecule has 0 N–H and O–H groups in total. The molecule has 5 heteroatoms. The molecule has 1 aliphatic rings. The summed E-state index contributed by atoms with van der Waals surface area (Å²) in [6.45, 7) is 9.85. The van der Waals surface area contributed by atoms with Gasteiger partial charge in [-0.1, -0.05) is 149 Å². The highest BCUT2D eigenvalue weighted by atomic mass is 32.1. The van der Waals surface area contributed by atoms with Crippen molar-refractivity contribution >= 4 is 43.2 Å². The van der Waals surface area contributed by atoms with Crippen molar-refractivity contribution in [1.29, 1.82) is 0 Å². The summed E-state index contributed by atoms with van der Waals surface area (Å²) in [5.74, 6) is 1.99. The van der Waals surface area contributed by atoms with E-state index in [1.165, 1.54) is 59.4 Å². The number of unbranched alkanes of at least 4 members (excludes halogenated alkanes) is 1. The van der Waals surface area contributed by atoms with Gasteiger partial charge in [-0.05, 0) is 55.7 Å². The summed E-state index contributed by atoms with van der Waals surface area (Å²) in [6, 6.07) is 33.6. The molecule has 3 aromatic heterocycles. The number of rotatable bonds is 6. The Balaban J connectivity index is 0.000000332. The number of benzene rings is 4. The fourth-order valence-corrected chi connectivity index (χ4v) is 7.58. The highest BCUT2D eigenvalue weighted by Gasteiger charge is 2.22. The lowest BCUT2D eigenvalue weighted by Crippen LogP contribution is -2.06. The fourth-order valence-electron chi connectivity index (χ4n) is 6.14. The zero-order valence-corrected chi connectivity index (χ0v) is 29.6. The van der Waals surface area contributed by atoms with E-state index in [1.807, 2.05) is 79.0 Å². The summed E-state index contributed by atoms with van der Waals surface area (Å²) >= 11 is 1.99. The van der Waals surface area contributed by atoms with Crippen LogP contribution in [0.2, 0.25) is 0 Å². The predicted octanol–water partition coefficient (Wildman–Crippen LogP) is 12.5. The molecule has 8 rings (SSSR count). The van der Waals surface area contributed by atoms with Crippen LogP contribution in [-0.4, -0.2) is 19.5 Å². The summed E-state index contributed by atoms with van der Waals surface area (Å²) < 4.78 is 3.62. The number of thiophene rings is 1.